The topological polar surface area (TPSA) is 45.7 Å². The number of halogens is 5. The Kier molecular flexibility index (Phi) is 13.7. The van der Waals surface area contributed by atoms with E-state index in [0.29, 0.717) is 12.1 Å². The quantitative estimate of drug-likeness (QED) is 0.165. The van der Waals surface area contributed by atoms with Crippen LogP contribution in [0.2, 0.25) is 0 Å². The number of pyridine rings is 1. The van der Waals surface area contributed by atoms with Crippen LogP contribution in [0.5, 0.6) is 5.75 Å². The largest absolute Gasteiger partial charge is 0.494 e. The maximum absolute atomic E-state index is 13.0. The fraction of sp³-hybridized carbons (Fsp3) is 0.484. The van der Waals surface area contributed by atoms with Gasteiger partial charge in [0.2, 0.25) is 5.91 Å². The van der Waals surface area contributed by atoms with Gasteiger partial charge in [0.15, 0.2) is 0 Å². The van der Waals surface area contributed by atoms with Crippen molar-refractivity contribution in [3.05, 3.63) is 65.9 Å². The van der Waals surface area contributed by atoms with E-state index >= 15 is 0 Å². The molecule has 1 fully saturated rings. The van der Waals surface area contributed by atoms with Crippen LogP contribution in [0.25, 0.3) is 10.9 Å². The SMILES string of the molecule is CC(C)(C)C(=O)N1CCN(Cc2ccc(OCCCCCSc3ccnc4cc(C(F)(F)F)ccc34)cc2)CC1.Cl.Cl. The fourth-order valence-electron chi connectivity index (χ4n) is 4.71. The van der Waals surface area contributed by atoms with Crippen molar-refractivity contribution in [1.29, 1.82) is 0 Å². The van der Waals surface area contributed by atoms with E-state index in [2.05, 4.69) is 22.0 Å². The first-order chi connectivity index (χ1) is 19.0. The van der Waals surface area contributed by atoms with Crippen LogP contribution in [0.3, 0.4) is 0 Å². The number of ether oxygens (including phenoxy) is 1. The average Bonchev–Trinajstić information content (AvgIpc) is 2.92. The molecule has 2 heterocycles. The minimum Gasteiger partial charge on any atom is -0.494 e. The summed E-state index contributed by atoms with van der Waals surface area (Å²) in [6, 6.07) is 13.9. The maximum atomic E-state index is 13.0. The molecule has 0 aliphatic carbocycles. The monoisotopic (exact) mass is 645 g/mol. The summed E-state index contributed by atoms with van der Waals surface area (Å²) in [5.74, 6) is 1.97. The molecule has 0 N–H and O–H groups in total. The second-order valence-corrected chi connectivity index (χ2v) is 12.4. The van der Waals surface area contributed by atoms with E-state index in [1.165, 1.54) is 11.6 Å². The van der Waals surface area contributed by atoms with Crippen molar-refractivity contribution in [3.8, 4) is 5.75 Å². The first kappa shape index (κ1) is 36.0. The molecule has 11 heteroatoms. The van der Waals surface area contributed by atoms with Gasteiger partial charge in [-0.25, -0.2) is 0 Å². The fourth-order valence-corrected chi connectivity index (χ4v) is 5.76. The number of piperazine rings is 1. The average molecular weight is 647 g/mol. The van der Waals surface area contributed by atoms with Crippen molar-refractivity contribution < 1.29 is 22.7 Å². The van der Waals surface area contributed by atoms with Gasteiger partial charge in [-0.1, -0.05) is 39.0 Å². The molecule has 4 rings (SSSR count). The predicted molar refractivity (Wildman–Crippen MR) is 169 cm³/mol. The zero-order valence-electron chi connectivity index (χ0n) is 24.3. The zero-order valence-corrected chi connectivity index (χ0v) is 26.7. The Hall–Kier alpha value is -2.20. The lowest BCUT2D eigenvalue weighted by molar-refractivity contribution is -0.141. The van der Waals surface area contributed by atoms with Crippen molar-refractivity contribution in [1.82, 2.24) is 14.8 Å². The number of alkyl halides is 3. The third-order valence-electron chi connectivity index (χ3n) is 6.98. The third-order valence-corrected chi connectivity index (χ3v) is 8.14. The van der Waals surface area contributed by atoms with E-state index in [-0.39, 0.29) is 36.1 Å². The van der Waals surface area contributed by atoms with E-state index < -0.39 is 11.7 Å². The van der Waals surface area contributed by atoms with Gasteiger partial charge < -0.3 is 9.64 Å². The van der Waals surface area contributed by atoms with Crippen LogP contribution in [-0.4, -0.2) is 59.2 Å². The molecule has 1 amide bonds. The highest BCUT2D eigenvalue weighted by Crippen LogP contribution is 2.34. The van der Waals surface area contributed by atoms with E-state index in [4.69, 9.17) is 4.74 Å². The number of carbonyl (C=O) groups excluding carboxylic acids is 1. The molecule has 0 atom stereocenters. The summed E-state index contributed by atoms with van der Waals surface area (Å²) >= 11 is 1.65. The number of amides is 1. The van der Waals surface area contributed by atoms with Crippen LogP contribution in [0.15, 0.2) is 59.6 Å². The number of thioether (sulfide) groups is 1. The molecule has 0 saturated carbocycles. The number of carbonyl (C=O) groups is 1. The van der Waals surface area contributed by atoms with Gasteiger partial charge in [0.25, 0.3) is 0 Å². The lowest BCUT2D eigenvalue weighted by Gasteiger charge is -2.37. The molecule has 0 bridgehead atoms. The summed E-state index contributed by atoms with van der Waals surface area (Å²) in [6.45, 7) is 10.7. The first-order valence-corrected chi connectivity index (χ1v) is 14.8. The molecular weight excluding hydrogens is 606 g/mol. The second-order valence-electron chi connectivity index (χ2n) is 11.3. The predicted octanol–water partition coefficient (Wildman–Crippen LogP) is 8.13. The zero-order chi connectivity index (χ0) is 28.8. The Bertz CT molecular complexity index is 1280. The van der Waals surface area contributed by atoms with Gasteiger partial charge in [-0.2, -0.15) is 13.2 Å². The molecular formula is C31H40Cl2F3N3O2S. The number of unbranched alkanes of at least 4 members (excludes halogenated alkanes) is 2. The molecule has 5 nitrogen and oxygen atoms in total. The molecule has 232 valence electrons. The van der Waals surface area contributed by atoms with E-state index in [9.17, 15) is 18.0 Å². The molecule has 42 heavy (non-hydrogen) atoms. The number of benzene rings is 2. The molecule has 1 saturated heterocycles. The van der Waals surface area contributed by atoms with Crippen LogP contribution in [0.1, 0.15) is 51.2 Å². The van der Waals surface area contributed by atoms with Gasteiger partial charge in [0.05, 0.1) is 17.7 Å². The number of aromatic nitrogens is 1. The van der Waals surface area contributed by atoms with Crippen LogP contribution in [0, 0.1) is 5.41 Å². The van der Waals surface area contributed by atoms with Crippen molar-refractivity contribution in [2.24, 2.45) is 5.41 Å². The van der Waals surface area contributed by atoms with Crippen molar-refractivity contribution >= 4 is 53.4 Å². The van der Waals surface area contributed by atoms with Crippen LogP contribution >= 0.6 is 36.6 Å². The minimum absolute atomic E-state index is 0. The Morgan fingerprint density at radius 1 is 0.929 bits per heavy atom. The molecule has 1 aliphatic rings. The Morgan fingerprint density at radius 3 is 2.26 bits per heavy atom. The molecule has 3 aromatic rings. The maximum Gasteiger partial charge on any atom is 0.416 e. The highest BCUT2D eigenvalue weighted by Gasteiger charge is 2.31. The van der Waals surface area contributed by atoms with Gasteiger partial charge in [0.1, 0.15) is 5.75 Å². The summed E-state index contributed by atoms with van der Waals surface area (Å²) in [7, 11) is 0. The number of hydrogen-bond donors (Lipinski definition) is 0. The second kappa shape index (κ2) is 16.0. The molecule has 1 aromatic heterocycles. The minimum atomic E-state index is -4.37. The number of hydrogen-bond acceptors (Lipinski definition) is 5. The molecule has 0 unspecified atom stereocenters. The van der Waals surface area contributed by atoms with Gasteiger partial charge in [0, 0.05) is 54.6 Å². The number of fused-ring (bicyclic) bond motifs is 1. The summed E-state index contributed by atoms with van der Waals surface area (Å²) < 4.78 is 44.9. The summed E-state index contributed by atoms with van der Waals surface area (Å²) in [4.78, 5) is 21.9. The van der Waals surface area contributed by atoms with E-state index in [0.717, 1.165) is 85.9 Å². The molecule has 2 aromatic carbocycles. The van der Waals surface area contributed by atoms with Crippen molar-refractivity contribution in [3.63, 3.8) is 0 Å². The normalized spacial score (nSPS) is 14.3. The molecule has 1 aliphatic heterocycles. The van der Waals surface area contributed by atoms with Crippen LogP contribution in [-0.2, 0) is 17.5 Å². The van der Waals surface area contributed by atoms with Gasteiger partial charge in [-0.3, -0.25) is 14.7 Å². The van der Waals surface area contributed by atoms with Gasteiger partial charge in [-0.05, 0) is 60.9 Å². The van der Waals surface area contributed by atoms with Crippen molar-refractivity contribution in [2.75, 3.05) is 38.5 Å². The molecule has 0 spiro atoms. The highest BCUT2D eigenvalue weighted by molar-refractivity contribution is 7.99. The van der Waals surface area contributed by atoms with Gasteiger partial charge in [-0.15, -0.1) is 36.6 Å². The van der Waals surface area contributed by atoms with Crippen LogP contribution in [0.4, 0.5) is 13.2 Å². The Balaban J connectivity index is 0.00000308. The lowest BCUT2D eigenvalue weighted by atomic mass is 9.94. The van der Waals surface area contributed by atoms with Crippen LogP contribution < -0.4 is 4.74 Å². The van der Waals surface area contributed by atoms with Crippen molar-refractivity contribution in [2.45, 2.75) is 57.7 Å². The first-order valence-electron chi connectivity index (χ1n) is 13.8. The Labute approximate surface area is 263 Å². The summed E-state index contributed by atoms with van der Waals surface area (Å²) in [5, 5.41) is 0.755. The standard InChI is InChI=1S/C31H38F3N3O2S.2ClH/c1-30(2,3)29(38)37-17-15-36(16-18-37)22-23-7-10-25(11-8-23)39-19-5-4-6-20-40-28-13-14-35-27-21-24(31(32,33)34)9-12-26(27)28;;/h7-14,21H,4-6,15-20,22H2,1-3H3;2*1H. The van der Waals surface area contributed by atoms with Gasteiger partial charge >= 0.3 is 6.18 Å². The lowest BCUT2D eigenvalue weighted by Crippen LogP contribution is -2.51. The highest BCUT2D eigenvalue weighted by atomic mass is 35.5. The van der Waals surface area contributed by atoms with E-state index in [1.54, 1.807) is 18.0 Å². The number of nitrogens with zero attached hydrogens (tertiary/aromatic N) is 3. The summed E-state index contributed by atoms with van der Waals surface area (Å²) in [6.07, 6.45) is 0.142. The smallest absolute Gasteiger partial charge is 0.416 e. The summed E-state index contributed by atoms with van der Waals surface area (Å²) in [5.41, 5.74) is 0.600. The number of rotatable bonds is 10. The third kappa shape index (κ3) is 10.2. The Morgan fingerprint density at radius 2 is 1.62 bits per heavy atom. The molecule has 0 radical (unpaired) electrons. The van der Waals surface area contributed by atoms with E-state index in [1.807, 2.05) is 43.9 Å².